The minimum absolute atomic E-state index is 0.907. The molecule has 6 aromatic carbocycles. The van der Waals surface area contributed by atoms with Gasteiger partial charge in [-0.3, -0.25) is 4.98 Å². The number of hydrogen-bond acceptors (Lipinski definition) is 2. The summed E-state index contributed by atoms with van der Waals surface area (Å²) >= 11 is 0. The van der Waals surface area contributed by atoms with E-state index in [1.807, 2.05) is 24.4 Å². The van der Waals surface area contributed by atoms with E-state index in [1.54, 1.807) is 0 Å². The van der Waals surface area contributed by atoms with Crippen LogP contribution in [0.1, 0.15) is 0 Å². The molecule has 172 valence electrons. The molecule has 0 atom stereocenters. The highest BCUT2D eigenvalue weighted by molar-refractivity contribution is 6.24. The van der Waals surface area contributed by atoms with Crippen molar-refractivity contribution in [3.05, 3.63) is 128 Å². The number of fused-ring (bicyclic) bond motifs is 6. The standard InChI is InChI=1S/C35H21NO/c1-2-12-23-22(10-1)11-7-16-25(23)33-27-15-4-3-14-26(27)32(29-19-9-21-36-34(29)33)30-18-8-17-28-24-13-5-6-20-31(24)37-35(28)30/h1-21H. The number of rotatable bonds is 2. The van der Waals surface area contributed by atoms with Gasteiger partial charge in [0.05, 0.1) is 5.52 Å². The van der Waals surface area contributed by atoms with Crippen molar-refractivity contribution >= 4 is 54.4 Å². The van der Waals surface area contributed by atoms with Crippen molar-refractivity contribution < 1.29 is 4.42 Å². The van der Waals surface area contributed by atoms with Crippen LogP contribution in [0.25, 0.3) is 76.6 Å². The first-order valence-corrected chi connectivity index (χ1v) is 12.6. The highest BCUT2D eigenvalue weighted by atomic mass is 16.3. The maximum Gasteiger partial charge on any atom is 0.143 e. The van der Waals surface area contributed by atoms with Gasteiger partial charge in [-0.25, -0.2) is 0 Å². The molecule has 2 aromatic heterocycles. The van der Waals surface area contributed by atoms with E-state index in [4.69, 9.17) is 9.40 Å². The molecule has 2 heterocycles. The molecule has 0 radical (unpaired) electrons. The Morgan fingerprint density at radius 2 is 1.05 bits per heavy atom. The van der Waals surface area contributed by atoms with Crippen LogP contribution < -0.4 is 0 Å². The minimum atomic E-state index is 0.907. The summed E-state index contributed by atoms with van der Waals surface area (Å²) < 4.78 is 6.49. The number of para-hydroxylation sites is 2. The molecule has 0 fully saturated rings. The Hall–Kier alpha value is -4.95. The number of aromatic nitrogens is 1. The van der Waals surface area contributed by atoms with Crippen molar-refractivity contribution in [1.29, 1.82) is 0 Å². The van der Waals surface area contributed by atoms with Gasteiger partial charge in [-0.2, -0.15) is 0 Å². The predicted molar refractivity (Wildman–Crippen MR) is 155 cm³/mol. The van der Waals surface area contributed by atoms with Crippen LogP contribution in [0, 0.1) is 0 Å². The lowest BCUT2D eigenvalue weighted by molar-refractivity contribution is 0.670. The van der Waals surface area contributed by atoms with Gasteiger partial charge >= 0.3 is 0 Å². The molecule has 0 amide bonds. The van der Waals surface area contributed by atoms with E-state index in [2.05, 4.69) is 103 Å². The highest BCUT2D eigenvalue weighted by Crippen LogP contribution is 2.46. The molecule has 0 aliphatic rings. The smallest absolute Gasteiger partial charge is 0.143 e. The SMILES string of the molecule is c1ccc2c(-c3c4ccccc4c(-c4cccc5c4oc4ccccc45)c4cccnc34)cccc2c1. The molecule has 0 bridgehead atoms. The number of nitrogens with zero attached hydrogens (tertiary/aromatic N) is 1. The fraction of sp³-hybridized carbons (Fsp3) is 0. The summed E-state index contributed by atoms with van der Waals surface area (Å²) in [6, 6.07) is 42.8. The van der Waals surface area contributed by atoms with Gasteiger partial charge in [0.15, 0.2) is 0 Å². The molecule has 0 saturated carbocycles. The largest absolute Gasteiger partial charge is 0.455 e. The third kappa shape index (κ3) is 2.90. The molecule has 37 heavy (non-hydrogen) atoms. The number of hydrogen-bond donors (Lipinski definition) is 0. The van der Waals surface area contributed by atoms with Crippen molar-refractivity contribution in [3.63, 3.8) is 0 Å². The van der Waals surface area contributed by atoms with E-state index >= 15 is 0 Å². The number of pyridine rings is 1. The Kier molecular flexibility index (Phi) is 4.26. The molecule has 0 unspecified atom stereocenters. The minimum Gasteiger partial charge on any atom is -0.455 e. The van der Waals surface area contributed by atoms with Gasteiger partial charge in [0.2, 0.25) is 0 Å². The Balaban J connectivity index is 1.57. The van der Waals surface area contributed by atoms with Crippen molar-refractivity contribution in [3.8, 4) is 22.3 Å². The summed E-state index contributed by atoms with van der Waals surface area (Å²) in [6.07, 6.45) is 1.90. The van der Waals surface area contributed by atoms with Gasteiger partial charge in [-0.05, 0) is 39.2 Å². The monoisotopic (exact) mass is 471 g/mol. The zero-order valence-corrected chi connectivity index (χ0v) is 20.0. The lowest BCUT2D eigenvalue weighted by atomic mass is 9.86. The van der Waals surface area contributed by atoms with E-state index in [0.717, 1.165) is 44.0 Å². The Labute approximate surface area is 213 Å². The molecule has 2 nitrogen and oxygen atoms in total. The van der Waals surface area contributed by atoms with Crippen LogP contribution in [0.4, 0.5) is 0 Å². The maximum atomic E-state index is 6.49. The van der Waals surface area contributed by atoms with Gasteiger partial charge in [0.25, 0.3) is 0 Å². The second-order valence-corrected chi connectivity index (χ2v) is 9.50. The fourth-order valence-electron chi connectivity index (χ4n) is 5.95. The van der Waals surface area contributed by atoms with Crippen molar-refractivity contribution in [2.45, 2.75) is 0 Å². The third-order valence-corrected chi connectivity index (χ3v) is 7.51. The van der Waals surface area contributed by atoms with Crippen LogP contribution in [0.15, 0.2) is 132 Å². The van der Waals surface area contributed by atoms with Crippen molar-refractivity contribution in [1.82, 2.24) is 4.98 Å². The van der Waals surface area contributed by atoms with Gasteiger partial charge in [0.1, 0.15) is 11.2 Å². The van der Waals surface area contributed by atoms with Gasteiger partial charge in [-0.15, -0.1) is 0 Å². The topological polar surface area (TPSA) is 26.0 Å². The first kappa shape index (κ1) is 20.3. The normalized spacial score (nSPS) is 11.8. The van der Waals surface area contributed by atoms with Gasteiger partial charge in [-0.1, -0.05) is 109 Å². The van der Waals surface area contributed by atoms with Crippen LogP contribution in [-0.2, 0) is 0 Å². The Morgan fingerprint density at radius 3 is 1.95 bits per heavy atom. The van der Waals surface area contributed by atoms with E-state index in [9.17, 15) is 0 Å². The quantitative estimate of drug-likeness (QED) is 0.235. The summed E-state index contributed by atoms with van der Waals surface area (Å²) in [6.45, 7) is 0. The molecule has 8 rings (SSSR count). The second kappa shape index (κ2) is 7.78. The van der Waals surface area contributed by atoms with Crippen LogP contribution in [0.2, 0.25) is 0 Å². The molecular weight excluding hydrogens is 450 g/mol. The lowest BCUT2D eigenvalue weighted by Gasteiger charge is -2.18. The van der Waals surface area contributed by atoms with Crippen LogP contribution in [0.5, 0.6) is 0 Å². The predicted octanol–water partition coefficient (Wildman–Crippen LogP) is 9.77. The van der Waals surface area contributed by atoms with E-state index in [-0.39, 0.29) is 0 Å². The molecule has 0 saturated heterocycles. The maximum absolute atomic E-state index is 6.49. The van der Waals surface area contributed by atoms with Crippen LogP contribution in [0.3, 0.4) is 0 Å². The molecule has 8 aromatic rings. The molecule has 0 spiro atoms. The highest BCUT2D eigenvalue weighted by Gasteiger charge is 2.21. The first-order chi connectivity index (χ1) is 18.4. The summed E-state index contributed by atoms with van der Waals surface area (Å²) in [7, 11) is 0. The Bertz CT molecular complexity index is 2090. The summed E-state index contributed by atoms with van der Waals surface area (Å²) in [5.74, 6) is 0. The summed E-state index contributed by atoms with van der Waals surface area (Å²) in [5, 5.41) is 8.23. The summed E-state index contributed by atoms with van der Waals surface area (Å²) in [5.41, 5.74) is 7.44. The zero-order valence-electron chi connectivity index (χ0n) is 20.0. The Morgan fingerprint density at radius 1 is 0.432 bits per heavy atom. The molecule has 0 aliphatic carbocycles. The van der Waals surface area contributed by atoms with Gasteiger partial charge in [0, 0.05) is 39.0 Å². The molecular formula is C35H21NO. The van der Waals surface area contributed by atoms with E-state index < -0.39 is 0 Å². The third-order valence-electron chi connectivity index (χ3n) is 7.51. The van der Waals surface area contributed by atoms with Crippen LogP contribution in [-0.4, -0.2) is 4.98 Å². The molecule has 2 heteroatoms. The van der Waals surface area contributed by atoms with Crippen LogP contribution >= 0.6 is 0 Å². The molecule has 0 N–H and O–H groups in total. The average molecular weight is 472 g/mol. The van der Waals surface area contributed by atoms with E-state index in [1.165, 1.54) is 32.7 Å². The van der Waals surface area contributed by atoms with E-state index in [0.29, 0.717) is 0 Å². The zero-order chi connectivity index (χ0) is 24.3. The number of benzene rings is 6. The fourth-order valence-corrected chi connectivity index (χ4v) is 5.95. The number of furan rings is 1. The summed E-state index contributed by atoms with van der Waals surface area (Å²) in [4.78, 5) is 4.99. The molecule has 0 aliphatic heterocycles. The van der Waals surface area contributed by atoms with Gasteiger partial charge < -0.3 is 4.42 Å². The first-order valence-electron chi connectivity index (χ1n) is 12.6. The second-order valence-electron chi connectivity index (χ2n) is 9.50. The van der Waals surface area contributed by atoms with Crippen molar-refractivity contribution in [2.24, 2.45) is 0 Å². The lowest BCUT2D eigenvalue weighted by Crippen LogP contribution is -1.93. The average Bonchev–Trinajstić information content (AvgIpc) is 3.35. The van der Waals surface area contributed by atoms with Crippen molar-refractivity contribution in [2.75, 3.05) is 0 Å².